The number of halogens is 1. The summed E-state index contributed by atoms with van der Waals surface area (Å²) in [5.74, 6) is 1.26. The number of pyridine rings is 1. The highest BCUT2D eigenvalue weighted by Gasteiger charge is 2.15. The van der Waals surface area contributed by atoms with Crippen LogP contribution in [0.2, 0.25) is 5.15 Å². The van der Waals surface area contributed by atoms with Gasteiger partial charge in [-0.2, -0.15) is 10.2 Å². The first-order chi connectivity index (χ1) is 12.6. The molecule has 1 aromatic carbocycles. The Morgan fingerprint density at radius 2 is 2.15 bits per heavy atom. The highest BCUT2D eigenvalue weighted by molar-refractivity contribution is 6.30. The maximum Gasteiger partial charge on any atom is 0.236 e. The maximum atomic E-state index is 9.27. The Kier molecular flexibility index (Phi) is 3.94. The normalized spacial score (nSPS) is 12.2. The molecule has 1 atom stereocenters. The Labute approximate surface area is 155 Å². The zero-order valence-corrected chi connectivity index (χ0v) is 15.0. The van der Waals surface area contributed by atoms with Gasteiger partial charge in [0, 0.05) is 17.8 Å². The van der Waals surface area contributed by atoms with Crippen molar-refractivity contribution in [2.75, 3.05) is 5.32 Å². The molecule has 0 spiro atoms. The van der Waals surface area contributed by atoms with Crippen molar-refractivity contribution >= 4 is 34.1 Å². The molecule has 0 saturated carbocycles. The van der Waals surface area contributed by atoms with Crippen molar-refractivity contribution in [1.82, 2.24) is 19.4 Å². The number of aromatic nitrogens is 4. The van der Waals surface area contributed by atoms with Gasteiger partial charge in [0.05, 0.1) is 29.4 Å². The van der Waals surface area contributed by atoms with Crippen molar-refractivity contribution < 1.29 is 0 Å². The number of nitriles is 1. The number of imidazole rings is 1. The molecule has 0 aliphatic carbocycles. The number of fused-ring (bicyclic) bond motifs is 3. The van der Waals surface area contributed by atoms with Crippen LogP contribution in [0.15, 0.2) is 42.9 Å². The van der Waals surface area contributed by atoms with Crippen molar-refractivity contribution in [3.63, 3.8) is 0 Å². The number of benzene rings is 1. The summed E-state index contributed by atoms with van der Waals surface area (Å²) in [6.45, 7) is 3.99. The number of anilines is 1. The molecule has 3 heterocycles. The third kappa shape index (κ3) is 2.63. The lowest BCUT2D eigenvalue weighted by molar-refractivity contribution is 0.865. The molecule has 1 N–H and O–H groups in total. The lowest BCUT2D eigenvalue weighted by Crippen LogP contribution is -2.11. The minimum Gasteiger partial charge on any atom is -0.363 e. The molecule has 3 aromatic heterocycles. The highest BCUT2D eigenvalue weighted by Crippen LogP contribution is 2.29. The Morgan fingerprint density at radius 1 is 1.31 bits per heavy atom. The summed E-state index contributed by atoms with van der Waals surface area (Å²) in [5, 5.41) is 14.0. The molecule has 4 aromatic rings. The smallest absolute Gasteiger partial charge is 0.236 e. The van der Waals surface area contributed by atoms with E-state index < -0.39 is 0 Å². The van der Waals surface area contributed by atoms with Gasteiger partial charge in [0.1, 0.15) is 11.0 Å². The molecule has 7 heteroatoms. The van der Waals surface area contributed by atoms with Gasteiger partial charge in [-0.15, -0.1) is 0 Å². The topological polar surface area (TPSA) is 78.9 Å². The maximum absolute atomic E-state index is 9.27. The van der Waals surface area contributed by atoms with Crippen molar-refractivity contribution in [2.24, 2.45) is 0 Å². The van der Waals surface area contributed by atoms with E-state index in [4.69, 9.17) is 11.6 Å². The van der Waals surface area contributed by atoms with Crippen molar-refractivity contribution in [2.45, 2.75) is 19.9 Å². The number of hydrogen-bond donors (Lipinski definition) is 1. The van der Waals surface area contributed by atoms with E-state index in [0.717, 1.165) is 22.0 Å². The van der Waals surface area contributed by atoms with Crippen LogP contribution in [0.5, 0.6) is 0 Å². The van der Waals surface area contributed by atoms with E-state index >= 15 is 0 Å². The highest BCUT2D eigenvalue weighted by atomic mass is 35.5. The van der Waals surface area contributed by atoms with E-state index in [2.05, 4.69) is 26.3 Å². The van der Waals surface area contributed by atoms with Crippen molar-refractivity contribution in [3.8, 4) is 6.07 Å². The second-order valence-electron chi connectivity index (χ2n) is 6.08. The third-order valence-corrected chi connectivity index (χ3v) is 4.72. The Morgan fingerprint density at radius 3 is 2.96 bits per heavy atom. The summed E-state index contributed by atoms with van der Waals surface area (Å²) in [6.07, 6.45) is 5.25. The molecule has 0 aliphatic heterocycles. The van der Waals surface area contributed by atoms with E-state index in [1.165, 1.54) is 0 Å². The largest absolute Gasteiger partial charge is 0.363 e. The van der Waals surface area contributed by atoms with Gasteiger partial charge in [0.15, 0.2) is 0 Å². The number of hydrogen-bond acceptors (Lipinski definition) is 5. The first-order valence-corrected chi connectivity index (χ1v) is 8.50. The molecule has 0 fully saturated rings. The fourth-order valence-corrected chi connectivity index (χ4v) is 3.33. The Balaban J connectivity index is 1.84. The molecule has 0 radical (unpaired) electrons. The molecule has 4 rings (SSSR count). The quantitative estimate of drug-likeness (QED) is 0.550. The number of nitrogens with zero attached hydrogens (tertiary/aromatic N) is 5. The lowest BCUT2D eigenvalue weighted by atomic mass is 9.98. The van der Waals surface area contributed by atoms with Crippen molar-refractivity contribution in [3.05, 3.63) is 64.7 Å². The SMILES string of the molecule is Cc1c(C#N)cccc1C(C)Nc1nc2nccn2c2cnc(Cl)cc12. The van der Waals surface area contributed by atoms with Gasteiger partial charge >= 0.3 is 0 Å². The zero-order valence-electron chi connectivity index (χ0n) is 14.2. The van der Waals surface area contributed by atoms with E-state index in [1.807, 2.05) is 42.6 Å². The second kappa shape index (κ2) is 6.28. The summed E-state index contributed by atoms with van der Waals surface area (Å²) >= 11 is 6.11. The van der Waals surface area contributed by atoms with Gasteiger partial charge in [-0.3, -0.25) is 4.40 Å². The van der Waals surface area contributed by atoms with E-state index in [-0.39, 0.29) is 6.04 Å². The minimum atomic E-state index is -0.0525. The molecule has 0 saturated heterocycles. The van der Waals surface area contributed by atoms with Crippen LogP contribution in [0.4, 0.5) is 5.82 Å². The molecule has 0 bridgehead atoms. The van der Waals surface area contributed by atoms with Gasteiger partial charge in [0.2, 0.25) is 5.78 Å². The fourth-order valence-electron chi connectivity index (χ4n) is 3.17. The standard InChI is InChI=1S/C19H15ClN6/c1-11-13(9-21)4-3-5-14(11)12(2)24-18-15-8-17(20)23-10-16(15)26-7-6-22-19(26)25-18/h3-8,10,12H,1-2H3,(H,22,24,25). The van der Waals surface area contributed by atoms with Gasteiger partial charge in [0.25, 0.3) is 0 Å². The van der Waals surface area contributed by atoms with Crippen LogP contribution in [0, 0.1) is 18.3 Å². The molecular formula is C19H15ClN6. The molecular weight excluding hydrogens is 348 g/mol. The van der Waals surface area contributed by atoms with Crippen LogP contribution in [-0.4, -0.2) is 19.4 Å². The molecule has 0 amide bonds. The first-order valence-electron chi connectivity index (χ1n) is 8.13. The predicted octanol–water partition coefficient (Wildman–Crippen LogP) is 4.28. The minimum absolute atomic E-state index is 0.0525. The number of rotatable bonds is 3. The van der Waals surface area contributed by atoms with Crippen LogP contribution in [0.25, 0.3) is 16.7 Å². The summed E-state index contributed by atoms with van der Waals surface area (Å²) in [5.41, 5.74) is 3.54. The van der Waals surface area contributed by atoms with Crippen LogP contribution < -0.4 is 5.32 Å². The summed E-state index contributed by atoms with van der Waals surface area (Å²) in [4.78, 5) is 13.1. The van der Waals surface area contributed by atoms with Gasteiger partial charge in [-0.05, 0) is 37.1 Å². The van der Waals surface area contributed by atoms with Crippen molar-refractivity contribution in [1.29, 1.82) is 5.26 Å². The van der Waals surface area contributed by atoms with Gasteiger partial charge in [-0.25, -0.2) is 9.97 Å². The van der Waals surface area contributed by atoms with E-state index in [0.29, 0.717) is 22.3 Å². The average Bonchev–Trinajstić information content (AvgIpc) is 3.10. The Hall–Kier alpha value is -3.17. The zero-order chi connectivity index (χ0) is 18.3. The van der Waals surface area contributed by atoms with E-state index in [1.54, 1.807) is 18.5 Å². The molecule has 26 heavy (non-hydrogen) atoms. The van der Waals surface area contributed by atoms with Crippen LogP contribution in [-0.2, 0) is 0 Å². The average molecular weight is 363 g/mol. The molecule has 1 unspecified atom stereocenters. The van der Waals surface area contributed by atoms with Gasteiger partial charge < -0.3 is 5.32 Å². The summed E-state index contributed by atoms with van der Waals surface area (Å²) in [7, 11) is 0. The lowest BCUT2D eigenvalue weighted by Gasteiger charge is -2.19. The monoisotopic (exact) mass is 362 g/mol. The second-order valence-corrected chi connectivity index (χ2v) is 6.47. The summed E-state index contributed by atoms with van der Waals surface area (Å²) < 4.78 is 1.87. The Bertz CT molecular complexity index is 1170. The van der Waals surface area contributed by atoms with E-state index in [9.17, 15) is 5.26 Å². The fraction of sp³-hybridized carbons (Fsp3) is 0.158. The summed E-state index contributed by atoms with van der Waals surface area (Å²) in [6, 6.07) is 9.69. The molecule has 6 nitrogen and oxygen atoms in total. The van der Waals surface area contributed by atoms with Gasteiger partial charge in [-0.1, -0.05) is 23.7 Å². The predicted molar refractivity (Wildman–Crippen MR) is 101 cm³/mol. The first kappa shape index (κ1) is 16.3. The third-order valence-electron chi connectivity index (χ3n) is 4.51. The molecule has 128 valence electrons. The van der Waals surface area contributed by atoms with Crippen LogP contribution >= 0.6 is 11.6 Å². The van der Waals surface area contributed by atoms with Crippen LogP contribution in [0.1, 0.15) is 29.7 Å². The number of nitrogens with one attached hydrogen (secondary N) is 1. The molecule has 0 aliphatic rings. The van der Waals surface area contributed by atoms with Crippen LogP contribution in [0.3, 0.4) is 0 Å².